The second kappa shape index (κ2) is 11.7. The lowest BCUT2D eigenvalue weighted by Crippen LogP contribution is -2.29. The average molecular weight is 279 g/mol. The lowest BCUT2D eigenvalue weighted by Gasteiger charge is -2.11. The van der Waals surface area contributed by atoms with Crippen LogP contribution in [-0.4, -0.2) is 5.97 Å². The minimum absolute atomic E-state index is 0.342. The molecule has 0 spiro atoms. The number of carbonyl (C=O) groups excluding carboxylic acids is 1. The number of allylic oxidation sites excluding steroid dienone is 4. The van der Waals surface area contributed by atoms with Crippen LogP contribution in [0.4, 0.5) is 0 Å². The normalized spacial score (nSPS) is 15.5. The van der Waals surface area contributed by atoms with Gasteiger partial charge in [0.25, 0.3) is 0 Å². The van der Waals surface area contributed by atoms with Crippen LogP contribution in [0, 0.1) is 11.8 Å². The molecule has 116 valence electrons. The highest BCUT2D eigenvalue weighted by atomic mass is 16.4. The summed E-state index contributed by atoms with van der Waals surface area (Å²) in [6, 6.07) is 0. The maximum absolute atomic E-state index is 10.6. The molecule has 0 heterocycles. The molecule has 0 N–H and O–H groups in total. The van der Waals surface area contributed by atoms with Crippen molar-refractivity contribution in [2.24, 2.45) is 11.8 Å². The van der Waals surface area contributed by atoms with Crippen LogP contribution >= 0.6 is 0 Å². The topological polar surface area (TPSA) is 40.1 Å². The summed E-state index contributed by atoms with van der Waals surface area (Å²) in [6.45, 7) is 8.25. The Hall–Kier alpha value is -1.05. The largest absolute Gasteiger partial charge is 0.550 e. The number of carboxylic acids is 1. The molecular formula is C18H31O2-. The molecule has 0 fully saturated rings. The number of carbonyl (C=O) groups is 1. The van der Waals surface area contributed by atoms with Gasteiger partial charge >= 0.3 is 0 Å². The predicted octanol–water partition coefficient (Wildman–Crippen LogP) is 4.26. The van der Waals surface area contributed by atoms with E-state index in [1.54, 1.807) is 6.92 Å². The van der Waals surface area contributed by atoms with Gasteiger partial charge in [-0.1, -0.05) is 44.1 Å². The first-order valence-electron chi connectivity index (χ1n) is 7.95. The van der Waals surface area contributed by atoms with E-state index in [-0.39, 0.29) is 5.92 Å². The monoisotopic (exact) mass is 279 g/mol. The zero-order valence-electron chi connectivity index (χ0n) is 13.7. The van der Waals surface area contributed by atoms with Crippen molar-refractivity contribution in [3.05, 3.63) is 23.8 Å². The van der Waals surface area contributed by atoms with E-state index in [1.165, 1.54) is 31.3 Å². The standard InChI is InChI=1S/C18H32O2/c1-5-6-7-10-15(2)11-8-12-16(3)13-9-14-17(4)18(19)20/h5-6,13,15,17H,7-12,14H2,1-4H3,(H,19,20)/p-1/b6-5-,16-13+. The van der Waals surface area contributed by atoms with Crippen LogP contribution in [0.1, 0.15) is 72.6 Å². The first-order valence-corrected chi connectivity index (χ1v) is 7.95. The van der Waals surface area contributed by atoms with Gasteiger partial charge in [0.15, 0.2) is 0 Å². The molecule has 0 aliphatic rings. The predicted molar refractivity (Wildman–Crippen MR) is 84.2 cm³/mol. The number of aliphatic carboxylic acids is 1. The van der Waals surface area contributed by atoms with Crippen molar-refractivity contribution in [3.63, 3.8) is 0 Å². The third-order valence-electron chi connectivity index (χ3n) is 3.82. The zero-order chi connectivity index (χ0) is 15.4. The number of hydrogen-bond acceptors (Lipinski definition) is 2. The molecule has 0 saturated carbocycles. The maximum atomic E-state index is 10.6. The summed E-state index contributed by atoms with van der Waals surface area (Å²) in [6.07, 6.45) is 14.2. The summed E-state index contributed by atoms with van der Waals surface area (Å²) in [4.78, 5) is 10.6. The molecule has 0 saturated heterocycles. The first-order chi connectivity index (χ1) is 9.47. The Morgan fingerprint density at radius 2 is 1.85 bits per heavy atom. The highest BCUT2D eigenvalue weighted by molar-refractivity contribution is 5.66. The summed E-state index contributed by atoms with van der Waals surface area (Å²) >= 11 is 0. The molecular weight excluding hydrogens is 248 g/mol. The maximum Gasteiger partial charge on any atom is 0.0442 e. The Bertz CT molecular complexity index is 315. The van der Waals surface area contributed by atoms with Gasteiger partial charge in [-0.15, -0.1) is 0 Å². The summed E-state index contributed by atoms with van der Waals surface area (Å²) < 4.78 is 0. The van der Waals surface area contributed by atoms with Gasteiger partial charge in [0.05, 0.1) is 0 Å². The molecule has 0 aromatic heterocycles. The molecule has 2 unspecified atom stereocenters. The molecule has 2 nitrogen and oxygen atoms in total. The van der Waals surface area contributed by atoms with Crippen LogP contribution in [0.5, 0.6) is 0 Å². The van der Waals surface area contributed by atoms with Crippen LogP contribution < -0.4 is 5.11 Å². The van der Waals surface area contributed by atoms with E-state index in [1.807, 2.05) is 0 Å². The summed E-state index contributed by atoms with van der Waals surface area (Å²) in [5.41, 5.74) is 1.39. The van der Waals surface area contributed by atoms with E-state index in [2.05, 4.69) is 39.0 Å². The molecule has 2 heteroatoms. The molecule has 20 heavy (non-hydrogen) atoms. The molecule has 0 radical (unpaired) electrons. The zero-order valence-corrected chi connectivity index (χ0v) is 13.7. The summed E-state index contributed by atoms with van der Waals surface area (Å²) in [5, 5.41) is 10.6. The smallest absolute Gasteiger partial charge is 0.0442 e. The Morgan fingerprint density at radius 1 is 1.15 bits per heavy atom. The van der Waals surface area contributed by atoms with Crippen molar-refractivity contribution in [1.82, 2.24) is 0 Å². The summed E-state index contributed by atoms with van der Waals surface area (Å²) in [7, 11) is 0. The van der Waals surface area contributed by atoms with E-state index >= 15 is 0 Å². The van der Waals surface area contributed by atoms with E-state index in [9.17, 15) is 9.90 Å². The third kappa shape index (κ3) is 10.8. The van der Waals surface area contributed by atoms with Gasteiger partial charge in [-0.2, -0.15) is 0 Å². The van der Waals surface area contributed by atoms with Crippen molar-refractivity contribution in [2.75, 3.05) is 0 Å². The van der Waals surface area contributed by atoms with Crippen LogP contribution in [-0.2, 0) is 4.79 Å². The number of carboxylic acid groups (broad SMARTS) is 1. The fourth-order valence-corrected chi connectivity index (χ4v) is 2.22. The Labute approximate surface area is 125 Å². The fourth-order valence-electron chi connectivity index (χ4n) is 2.22. The quantitative estimate of drug-likeness (QED) is 0.530. The third-order valence-corrected chi connectivity index (χ3v) is 3.82. The van der Waals surface area contributed by atoms with Gasteiger partial charge in [0.1, 0.15) is 0 Å². The van der Waals surface area contributed by atoms with Gasteiger partial charge in [-0.3, -0.25) is 0 Å². The highest BCUT2D eigenvalue weighted by Gasteiger charge is 2.02. The molecule has 0 amide bonds. The van der Waals surface area contributed by atoms with Crippen LogP contribution in [0.25, 0.3) is 0 Å². The second-order valence-corrected chi connectivity index (χ2v) is 5.99. The first kappa shape index (κ1) is 18.9. The van der Waals surface area contributed by atoms with E-state index < -0.39 is 5.97 Å². The van der Waals surface area contributed by atoms with Crippen LogP contribution in [0.2, 0.25) is 0 Å². The molecule has 0 aromatic carbocycles. The molecule has 0 aliphatic carbocycles. The Morgan fingerprint density at radius 3 is 2.45 bits per heavy atom. The van der Waals surface area contributed by atoms with E-state index in [0.29, 0.717) is 6.42 Å². The summed E-state index contributed by atoms with van der Waals surface area (Å²) in [5.74, 6) is -0.492. The van der Waals surface area contributed by atoms with Crippen molar-refractivity contribution < 1.29 is 9.90 Å². The van der Waals surface area contributed by atoms with Gasteiger partial charge < -0.3 is 9.90 Å². The van der Waals surface area contributed by atoms with E-state index in [4.69, 9.17) is 0 Å². The van der Waals surface area contributed by atoms with Gasteiger partial charge in [0, 0.05) is 5.97 Å². The molecule has 2 atom stereocenters. The highest BCUT2D eigenvalue weighted by Crippen LogP contribution is 2.17. The fraction of sp³-hybridized carbons (Fsp3) is 0.722. The average Bonchev–Trinajstić information content (AvgIpc) is 2.38. The van der Waals surface area contributed by atoms with Crippen molar-refractivity contribution >= 4 is 5.97 Å². The second-order valence-electron chi connectivity index (χ2n) is 5.99. The molecule has 0 aliphatic heterocycles. The Kier molecular flexibility index (Phi) is 11.1. The van der Waals surface area contributed by atoms with Gasteiger partial charge in [-0.25, -0.2) is 0 Å². The lowest BCUT2D eigenvalue weighted by atomic mass is 9.96. The molecule has 0 rings (SSSR count). The van der Waals surface area contributed by atoms with Crippen molar-refractivity contribution in [1.29, 1.82) is 0 Å². The number of rotatable bonds is 11. The van der Waals surface area contributed by atoms with Crippen molar-refractivity contribution in [2.45, 2.75) is 72.6 Å². The van der Waals surface area contributed by atoms with Crippen molar-refractivity contribution in [3.8, 4) is 0 Å². The van der Waals surface area contributed by atoms with E-state index in [0.717, 1.165) is 18.8 Å². The van der Waals surface area contributed by atoms with Crippen LogP contribution in [0.15, 0.2) is 23.8 Å². The number of hydrogen-bond donors (Lipinski definition) is 0. The molecule has 0 bridgehead atoms. The van der Waals surface area contributed by atoms with Gasteiger partial charge in [0.2, 0.25) is 0 Å². The lowest BCUT2D eigenvalue weighted by molar-refractivity contribution is -0.311. The minimum Gasteiger partial charge on any atom is -0.550 e. The SMILES string of the molecule is C/C=C\CCC(C)CCC/C(C)=C/CCC(C)C(=O)[O-]. The molecule has 0 aromatic rings. The minimum atomic E-state index is -0.939. The van der Waals surface area contributed by atoms with Gasteiger partial charge in [-0.05, 0) is 64.2 Å². The Balaban J connectivity index is 3.70. The van der Waals surface area contributed by atoms with Crippen LogP contribution in [0.3, 0.4) is 0 Å².